The van der Waals surface area contributed by atoms with E-state index in [1.54, 1.807) is 13.0 Å². The van der Waals surface area contributed by atoms with Gasteiger partial charge in [-0.25, -0.2) is 0 Å². The molecule has 8 nitrogen and oxygen atoms in total. The average molecular weight is 420 g/mol. The summed E-state index contributed by atoms with van der Waals surface area (Å²) in [6.45, 7) is 5.60. The number of aryl methyl sites for hydroxylation is 1. The Hall–Kier alpha value is -2.81. The van der Waals surface area contributed by atoms with Crippen LogP contribution in [-0.2, 0) is 19.1 Å². The number of nitrogens with one attached hydrogen (secondary N) is 2. The van der Waals surface area contributed by atoms with E-state index in [-0.39, 0.29) is 24.0 Å². The van der Waals surface area contributed by atoms with Gasteiger partial charge in [0.1, 0.15) is 5.76 Å². The predicted octanol–water partition coefficient (Wildman–Crippen LogP) is 3.35. The maximum absolute atomic E-state index is 11.9. The van der Waals surface area contributed by atoms with E-state index in [0.717, 1.165) is 18.2 Å². The van der Waals surface area contributed by atoms with Crippen molar-refractivity contribution in [2.45, 2.75) is 33.1 Å². The minimum absolute atomic E-state index is 0.0395. The number of thioether (sulfide) groups is 1. The van der Waals surface area contributed by atoms with E-state index in [1.165, 1.54) is 5.56 Å². The first-order chi connectivity index (χ1) is 13.9. The minimum Gasteiger partial charge on any atom is -0.455 e. The molecule has 1 aromatic carbocycles. The maximum Gasteiger partial charge on any atom is 0.316 e. The normalized spacial score (nSPS) is 11.6. The summed E-state index contributed by atoms with van der Waals surface area (Å²) in [4.78, 5) is 35.3. The highest BCUT2D eigenvalue weighted by atomic mass is 32.2. The number of nitrogens with zero attached hydrogens (tertiary/aromatic N) is 1. The molecule has 156 valence electrons. The molecule has 2 aromatic rings. The molecular formula is C20H25N3O5S. The Labute approximate surface area is 173 Å². The molecule has 0 aliphatic carbocycles. The van der Waals surface area contributed by atoms with Crippen molar-refractivity contribution in [3.63, 3.8) is 0 Å². The first-order valence-corrected chi connectivity index (χ1v) is 10.4. The Bertz CT molecular complexity index is 835. The van der Waals surface area contributed by atoms with Crippen LogP contribution < -0.4 is 10.6 Å². The monoisotopic (exact) mass is 419 g/mol. The highest BCUT2D eigenvalue weighted by Gasteiger charge is 2.11. The zero-order valence-corrected chi connectivity index (χ0v) is 17.5. The molecule has 0 aliphatic rings. The summed E-state index contributed by atoms with van der Waals surface area (Å²) in [6, 6.07) is 9.18. The van der Waals surface area contributed by atoms with Crippen LogP contribution in [0.4, 0.5) is 11.5 Å². The summed E-state index contributed by atoms with van der Waals surface area (Å²) in [5.74, 6) is 0.0831. The number of carbonyl (C=O) groups is 3. The van der Waals surface area contributed by atoms with Gasteiger partial charge in [0, 0.05) is 11.8 Å². The summed E-state index contributed by atoms with van der Waals surface area (Å²) < 4.78 is 9.77. The van der Waals surface area contributed by atoms with Crippen LogP contribution in [0.3, 0.4) is 0 Å². The third kappa shape index (κ3) is 7.98. The maximum atomic E-state index is 11.9. The highest BCUT2D eigenvalue weighted by Crippen LogP contribution is 2.20. The molecule has 0 fully saturated rings. The number of carbonyl (C=O) groups excluding carboxylic acids is 3. The molecule has 29 heavy (non-hydrogen) atoms. The molecule has 2 N–H and O–H groups in total. The fourth-order valence-corrected chi connectivity index (χ4v) is 2.96. The SMILES string of the molecule is CC[C@H](C)c1ccc(NC(=O)COC(=O)CSCC(=O)Nc2cc(C)on2)cc1. The Balaban J connectivity index is 1.62. The van der Waals surface area contributed by atoms with Crippen LogP contribution >= 0.6 is 11.8 Å². The number of aromatic nitrogens is 1. The van der Waals surface area contributed by atoms with Crippen LogP contribution in [0, 0.1) is 6.92 Å². The van der Waals surface area contributed by atoms with Gasteiger partial charge >= 0.3 is 5.97 Å². The molecule has 0 bridgehead atoms. The Morgan fingerprint density at radius 3 is 2.48 bits per heavy atom. The Kier molecular flexibility index (Phi) is 8.72. The lowest BCUT2D eigenvalue weighted by Gasteiger charge is -2.10. The van der Waals surface area contributed by atoms with Crippen LogP contribution in [0.15, 0.2) is 34.9 Å². The second kappa shape index (κ2) is 11.3. The zero-order valence-electron chi connectivity index (χ0n) is 16.7. The largest absolute Gasteiger partial charge is 0.455 e. The quantitative estimate of drug-likeness (QED) is 0.568. The molecule has 0 radical (unpaired) electrons. The molecule has 1 atom stereocenters. The smallest absolute Gasteiger partial charge is 0.316 e. The van der Waals surface area contributed by atoms with Gasteiger partial charge in [0.2, 0.25) is 5.91 Å². The van der Waals surface area contributed by atoms with E-state index in [1.807, 2.05) is 24.3 Å². The first kappa shape index (κ1) is 22.5. The Morgan fingerprint density at radius 2 is 1.86 bits per heavy atom. The number of ether oxygens (including phenoxy) is 1. The fourth-order valence-electron chi connectivity index (χ4n) is 2.35. The van der Waals surface area contributed by atoms with Crippen molar-refractivity contribution in [2.24, 2.45) is 0 Å². The van der Waals surface area contributed by atoms with Gasteiger partial charge in [-0.3, -0.25) is 14.4 Å². The van der Waals surface area contributed by atoms with Crippen LogP contribution in [0.2, 0.25) is 0 Å². The molecule has 0 spiro atoms. The summed E-state index contributed by atoms with van der Waals surface area (Å²) in [5.41, 5.74) is 1.85. The molecule has 1 aromatic heterocycles. The lowest BCUT2D eigenvalue weighted by molar-refractivity contribution is -0.144. The van der Waals surface area contributed by atoms with E-state index < -0.39 is 11.9 Å². The molecule has 2 rings (SSSR count). The van der Waals surface area contributed by atoms with E-state index in [2.05, 4.69) is 29.6 Å². The third-order valence-corrected chi connectivity index (χ3v) is 4.99. The van der Waals surface area contributed by atoms with Crippen molar-refractivity contribution in [1.82, 2.24) is 5.16 Å². The molecule has 0 saturated heterocycles. The van der Waals surface area contributed by atoms with Gasteiger partial charge < -0.3 is 19.9 Å². The van der Waals surface area contributed by atoms with Crippen molar-refractivity contribution in [3.05, 3.63) is 41.7 Å². The summed E-state index contributed by atoms with van der Waals surface area (Å²) in [6.07, 6.45) is 1.04. The van der Waals surface area contributed by atoms with Gasteiger partial charge in [-0.1, -0.05) is 31.1 Å². The van der Waals surface area contributed by atoms with Gasteiger partial charge in [-0.15, -0.1) is 11.8 Å². The van der Waals surface area contributed by atoms with E-state index >= 15 is 0 Å². The number of esters is 1. The van der Waals surface area contributed by atoms with Crippen molar-refractivity contribution in [2.75, 3.05) is 28.7 Å². The summed E-state index contributed by atoms with van der Waals surface area (Å²) in [5, 5.41) is 8.88. The Morgan fingerprint density at radius 1 is 1.14 bits per heavy atom. The van der Waals surface area contributed by atoms with E-state index in [4.69, 9.17) is 9.26 Å². The molecule has 0 saturated carbocycles. The van der Waals surface area contributed by atoms with Crippen molar-refractivity contribution in [3.8, 4) is 0 Å². The second-order valence-electron chi connectivity index (χ2n) is 6.50. The number of amides is 2. The predicted molar refractivity (Wildman–Crippen MR) is 112 cm³/mol. The number of rotatable bonds is 10. The molecule has 9 heteroatoms. The van der Waals surface area contributed by atoms with Crippen LogP contribution in [-0.4, -0.2) is 41.1 Å². The van der Waals surface area contributed by atoms with Gasteiger partial charge in [0.05, 0.1) is 11.5 Å². The molecule has 0 aliphatic heterocycles. The topological polar surface area (TPSA) is 111 Å². The van der Waals surface area contributed by atoms with Gasteiger partial charge in [-0.2, -0.15) is 0 Å². The average Bonchev–Trinajstić information content (AvgIpc) is 3.10. The zero-order chi connectivity index (χ0) is 21.2. The van der Waals surface area contributed by atoms with Crippen LogP contribution in [0.1, 0.15) is 37.5 Å². The van der Waals surface area contributed by atoms with E-state index in [0.29, 0.717) is 23.2 Å². The second-order valence-corrected chi connectivity index (χ2v) is 7.49. The molecular weight excluding hydrogens is 394 g/mol. The minimum atomic E-state index is -0.567. The van der Waals surface area contributed by atoms with E-state index in [9.17, 15) is 14.4 Å². The molecule has 2 amide bonds. The molecule has 0 unspecified atom stereocenters. The number of hydrogen-bond acceptors (Lipinski definition) is 7. The number of benzene rings is 1. The van der Waals surface area contributed by atoms with Gasteiger partial charge in [0.25, 0.3) is 5.91 Å². The fraction of sp³-hybridized carbons (Fsp3) is 0.400. The lowest BCUT2D eigenvalue weighted by Crippen LogP contribution is -2.22. The summed E-state index contributed by atoms with van der Waals surface area (Å²) >= 11 is 1.08. The van der Waals surface area contributed by atoms with Crippen LogP contribution in [0.25, 0.3) is 0 Å². The molecule has 1 heterocycles. The van der Waals surface area contributed by atoms with Gasteiger partial charge in [-0.05, 0) is 37.0 Å². The highest BCUT2D eigenvalue weighted by molar-refractivity contribution is 8.00. The summed E-state index contributed by atoms with van der Waals surface area (Å²) in [7, 11) is 0. The van der Waals surface area contributed by atoms with Crippen molar-refractivity contribution in [1.29, 1.82) is 0 Å². The number of hydrogen-bond donors (Lipinski definition) is 2. The van der Waals surface area contributed by atoms with Gasteiger partial charge in [0.15, 0.2) is 12.4 Å². The third-order valence-electron chi connectivity index (χ3n) is 4.09. The lowest BCUT2D eigenvalue weighted by atomic mass is 9.99. The first-order valence-electron chi connectivity index (χ1n) is 9.23. The standard InChI is InChI=1S/C20H25N3O5S/c1-4-13(2)15-5-7-16(8-6-15)21-18(24)10-27-20(26)12-29-11-19(25)22-17-9-14(3)28-23-17/h5-9,13H,4,10-12H2,1-3H3,(H,21,24)(H,22,23,25)/t13-/m0/s1. The van der Waals surface area contributed by atoms with Crippen LogP contribution in [0.5, 0.6) is 0 Å². The van der Waals surface area contributed by atoms with Crippen molar-refractivity contribution >= 4 is 41.1 Å². The number of anilines is 2. The van der Waals surface area contributed by atoms with Crippen molar-refractivity contribution < 1.29 is 23.6 Å².